The van der Waals surface area contributed by atoms with Crippen molar-refractivity contribution < 1.29 is 31.2 Å². The second kappa shape index (κ2) is 9.39. The van der Waals surface area contributed by atoms with Crippen molar-refractivity contribution >= 4 is 38.7 Å². The number of carbonyl (C=O) groups excluding carboxylic acids is 2. The van der Waals surface area contributed by atoms with Crippen LogP contribution in [-0.2, 0) is 16.0 Å². The molecule has 1 spiro atoms. The number of carbonyl (C=O) groups is 2. The molecule has 40 heavy (non-hydrogen) atoms. The van der Waals surface area contributed by atoms with Crippen molar-refractivity contribution in [2.24, 2.45) is 5.41 Å². The van der Waals surface area contributed by atoms with E-state index < -0.39 is 27.6 Å². The lowest BCUT2D eigenvalue weighted by Gasteiger charge is -2.58. The molecule has 1 aliphatic carbocycles. The molecule has 0 bridgehead atoms. The molecule has 1 aromatic carbocycles. The summed E-state index contributed by atoms with van der Waals surface area (Å²) in [5.41, 5.74) is 1.10. The number of nitrogens with zero attached hydrogens (tertiary/aromatic N) is 4. The van der Waals surface area contributed by atoms with Gasteiger partial charge in [0.05, 0.1) is 34.3 Å². The molecule has 3 amide bonds. The van der Waals surface area contributed by atoms with E-state index in [9.17, 15) is 31.2 Å². The van der Waals surface area contributed by atoms with Gasteiger partial charge in [-0.25, -0.2) is 17.7 Å². The maximum Gasteiger partial charge on any atom is 0.416 e. The van der Waals surface area contributed by atoms with Crippen molar-refractivity contribution in [2.45, 2.75) is 25.1 Å². The smallest absolute Gasteiger partial charge is 0.369 e. The maximum atomic E-state index is 13.3. The van der Waals surface area contributed by atoms with Gasteiger partial charge in [-0.05, 0) is 43.2 Å². The van der Waals surface area contributed by atoms with Gasteiger partial charge in [0.25, 0.3) is 5.91 Å². The summed E-state index contributed by atoms with van der Waals surface area (Å²) in [6, 6.07) is 7.48. The highest BCUT2D eigenvalue weighted by atomic mass is 32.2. The quantitative estimate of drug-likeness (QED) is 0.494. The molecule has 14 heteroatoms. The standard InChI is InChI=1S/C26H27F3N6O4S/c27-26(28,29)17-2-1-3-18(10-17)31-24(37)32-19-12-25(13-19)15-34(16-25)23(36)21-14-30-35-5-4-20(11-22(21)35)33-6-8-40(38,39)9-7-33/h1-5,10-11,14,19H,6-9,12-13,15-16H2,(H2,31,32,37). The van der Waals surface area contributed by atoms with Crippen LogP contribution in [0.1, 0.15) is 28.8 Å². The molecular formula is C26H27F3N6O4S. The third-order valence-corrected chi connectivity index (χ3v) is 9.54. The van der Waals surface area contributed by atoms with Crippen molar-refractivity contribution in [2.75, 3.05) is 47.9 Å². The number of benzene rings is 1. The molecule has 2 saturated heterocycles. The zero-order valence-electron chi connectivity index (χ0n) is 21.3. The zero-order valence-corrected chi connectivity index (χ0v) is 22.1. The topological polar surface area (TPSA) is 116 Å². The Labute approximate surface area is 228 Å². The number of alkyl halides is 3. The van der Waals surface area contributed by atoms with Crippen LogP contribution in [0.25, 0.3) is 5.52 Å². The molecule has 6 rings (SSSR count). The SMILES string of the molecule is O=C(Nc1cccc(C(F)(F)F)c1)NC1CC2(C1)CN(C(=O)c1cnn3ccc(N4CCS(=O)(=O)CC4)cc13)C2. The first-order valence-electron chi connectivity index (χ1n) is 12.9. The van der Waals surface area contributed by atoms with Crippen molar-refractivity contribution in [3.63, 3.8) is 0 Å². The van der Waals surface area contributed by atoms with Gasteiger partial charge in [0.15, 0.2) is 9.84 Å². The maximum absolute atomic E-state index is 13.3. The molecule has 212 valence electrons. The van der Waals surface area contributed by atoms with Crippen molar-refractivity contribution in [3.05, 3.63) is 59.9 Å². The minimum Gasteiger partial charge on any atom is -0.369 e. The lowest BCUT2D eigenvalue weighted by Crippen LogP contribution is -2.67. The van der Waals surface area contributed by atoms with Gasteiger partial charge >= 0.3 is 12.2 Å². The first kappa shape index (κ1) is 26.4. The summed E-state index contributed by atoms with van der Waals surface area (Å²) >= 11 is 0. The Bertz CT molecular complexity index is 1580. The van der Waals surface area contributed by atoms with Crippen LogP contribution < -0.4 is 15.5 Å². The highest BCUT2D eigenvalue weighted by Gasteiger charge is 2.54. The van der Waals surface area contributed by atoms with Crippen LogP contribution in [0.2, 0.25) is 0 Å². The molecule has 2 aliphatic heterocycles. The zero-order chi connectivity index (χ0) is 28.3. The second-order valence-corrected chi connectivity index (χ2v) is 13.2. The third kappa shape index (κ3) is 5.07. The number of sulfone groups is 1. The van der Waals surface area contributed by atoms with E-state index in [0.29, 0.717) is 50.1 Å². The molecule has 3 fully saturated rings. The second-order valence-electron chi connectivity index (χ2n) is 10.9. The van der Waals surface area contributed by atoms with Crippen molar-refractivity contribution in [1.82, 2.24) is 19.8 Å². The lowest BCUT2D eigenvalue weighted by molar-refractivity contribution is -0.137. The van der Waals surface area contributed by atoms with Gasteiger partial charge in [0.1, 0.15) is 0 Å². The Morgan fingerprint density at radius 1 is 1.05 bits per heavy atom. The van der Waals surface area contributed by atoms with E-state index in [-0.39, 0.29) is 34.6 Å². The molecule has 1 saturated carbocycles. The summed E-state index contributed by atoms with van der Waals surface area (Å²) in [5.74, 6) is 0.0571. The van der Waals surface area contributed by atoms with E-state index >= 15 is 0 Å². The largest absolute Gasteiger partial charge is 0.416 e. The number of rotatable bonds is 4. The number of amides is 3. The number of halogens is 3. The molecular weight excluding hydrogens is 549 g/mol. The first-order chi connectivity index (χ1) is 18.9. The van der Waals surface area contributed by atoms with Gasteiger partial charge in [-0.1, -0.05) is 6.07 Å². The number of likely N-dealkylation sites (tertiary alicyclic amines) is 1. The third-order valence-electron chi connectivity index (χ3n) is 7.93. The number of fused-ring (bicyclic) bond motifs is 1. The van der Waals surface area contributed by atoms with Gasteiger partial charge in [0, 0.05) is 55.2 Å². The number of urea groups is 1. The number of nitrogens with one attached hydrogen (secondary N) is 2. The number of pyridine rings is 1. The average molecular weight is 577 g/mol. The van der Waals surface area contributed by atoms with Crippen LogP contribution in [0.4, 0.5) is 29.3 Å². The summed E-state index contributed by atoms with van der Waals surface area (Å²) < 4.78 is 63.9. The van der Waals surface area contributed by atoms with Gasteiger partial charge in [0.2, 0.25) is 0 Å². The van der Waals surface area contributed by atoms with Crippen LogP contribution in [-0.4, -0.2) is 78.6 Å². The van der Waals surface area contributed by atoms with Crippen LogP contribution >= 0.6 is 0 Å². The van der Waals surface area contributed by atoms with Crippen LogP contribution in [0, 0.1) is 5.41 Å². The normalized spacial score (nSPS) is 20.2. The van der Waals surface area contributed by atoms with Crippen LogP contribution in [0.15, 0.2) is 48.8 Å². The number of anilines is 2. The molecule has 0 unspecified atom stereocenters. The predicted octanol–water partition coefficient (Wildman–Crippen LogP) is 3.01. The fourth-order valence-corrected chi connectivity index (χ4v) is 7.05. The lowest BCUT2D eigenvalue weighted by atomic mass is 9.60. The Hall–Kier alpha value is -3.81. The highest BCUT2D eigenvalue weighted by Crippen LogP contribution is 2.49. The summed E-state index contributed by atoms with van der Waals surface area (Å²) in [6.45, 7) is 1.88. The van der Waals surface area contributed by atoms with Crippen LogP contribution in [0.5, 0.6) is 0 Å². The van der Waals surface area contributed by atoms with E-state index in [1.165, 1.54) is 18.3 Å². The Morgan fingerprint density at radius 3 is 2.48 bits per heavy atom. The van der Waals surface area contributed by atoms with Gasteiger partial charge < -0.3 is 20.4 Å². The van der Waals surface area contributed by atoms with Crippen molar-refractivity contribution in [3.8, 4) is 0 Å². The fraction of sp³-hybridized carbons (Fsp3) is 0.423. The fourth-order valence-electron chi connectivity index (χ4n) is 5.85. The van der Waals surface area contributed by atoms with Crippen molar-refractivity contribution in [1.29, 1.82) is 0 Å². The van der Waals surface area contributed by atoms with E-state index in [0.717, 1.165) is 17.8 Å². The molecule has 4 heterocycles. The highest BCUT2D eigenvalue weighted by molar-refractivity contribution is 7.91. The first-order valence-corrected chi connectivity index (χ1v) is 14.7. The van der Waals surface area contributed by atoms with E-state index in [4.69, 9.17) is 0 Å². The van der Waals surface area contributed by atoms with Gasteiger partial charge in [-0.2, -0.15) is 18.3 Å². The monoisotopic (exact) mass is 576 g/mol. The van der Waals surface area contributed by atoms with E-state index in [2.05, 4.69) is 15.7 Å². The van der Waals surface area contributed by atoms with Gasteiger partial charge in [-0.3, -0.25) is 4.79 Å². The Balaban J connectivity index is 1.03. The molecule has 0 atom stereocenters. The molecule has 2 aromatic heterocycles. The summed E-state index contributed by atoms with van der Waals surface area (Å²) in [6.07, 6.45) is 0.144. The molecule has 3 aliphatic rings. The van der Waals surface area contributed by atoms with E-state index in [1.807, 2.05) is 17.0 Å². The molecule has 10 nitrogen and oxygen atoms in total. The molecule has 3 aromatic rings. The number of aromatic nitrogens is 2. The number of hydrogen-bond donors (Lipinski definition) is 2. The number of hydrogen-bond acceptors (Lipinski definition) is 6. The van der Waals surface area contributed by atoms with Gasteiger partial charge in [-0.15, -0.1) is 0 Å². The molecule has 0 radical (unpaired) electrons. The minimum atomic E-state index is -4.49. The Morgan fingerprint density at radius 2 is 1.77 bits per heavy atom. The Kier molecular flexibility index (Phi) is 6.20. The minimum absolute atomic E-state index is 0.0589. The summed E-state index contributed by atoms with van der Waals surface area (Å²) in [4.78, 5) is 29.3. The summed E-state index contributed by atoms with van der Waals surface area (Å²) in [7, 11) is -3.01. The molecule has 2 N–H and O–H groups in total. The predicted molar refractivity (Wildman–Crippen MR) is 141 cm³/mol. The van der Waals surface area contributed by atoms with Crippen LogP contribution in [0.3, 0.4) is 0 Å². The summed E-state index contributed by atoms with van der Waals surface area (Å²) in [5, 5.41) is 9.55. The van der Waals surface area contributed by atoms with E-state index in [1.54, 1.807) is 15.6 Å². The average Bonchev–Trinajstić information content (AvgIpc) is 3.27.